The molecule has 0 saturated heterocycles. The number of aryl methyl sites for hydroxylation is 1. The Bertz CT molecular complexity index is 668. The number of rotatable bonds is 4. The Balaban J connectivity index is 2.21. The SMILES string of the molecule is Cc1ccc(C(C)NS(=O)(=O)c2cnc[nH]2)cc1F. The van der Waals surface area contributed by atoms with Crippen LogP contribution in [0.25, 0.3) is 0 Å². The largest absolute Gasteiger partial charge is 0.335 e. The average Bonchev–Trinajstić information content (AvgIpc) is 2.86. The molecule has 0 spiro atoms. The van der Waals surface area contributed by atoms with Gasteiger partial charge in [0.2, 0.25) is 0 Å². The summed E-state index contributed by atoms with van der Waals surface area (Å²) in [6.45, 7) is 3.30. The Kier molecular flexibility index (Phi) is 3.68. The van der Waals surface area contributed by atoms with E-state index in [0.717, 1.165) is 0 Å². The number of nitrogens with one attached hydrogen (secondary N) is 2. The van der Waals surface area contributed by atoms with Gasteiger partial charge in [-0.05, 0) is 31.0 Å². The van der Waals surface area contributed by atoms with E-state index in [-0.39, 0.29) is 10.8 Å². The second-order valence-corrected chi connectivity index (χ2v) is 5.95. The van der Waals surface area contributed by atoms with Crippen molar-refractivity contribution in [1.29, 1.82) is 0 Å². The van der Waals surface area contributed by atoms with E-state index in [1.165, 1.54) is 18.6 Å². The van der Waals surface area contributed by atoms with Gasteiger partial charge in [0, 0.05) is 6.04 Å². The van der Waals surface area contributed by atoms with Crippen molar-refractivity contribution in [2.45, 2.75) is 24.9 Å². The van der Waals surface area contributed by atoms with Gasteiger partial charge in [-0.3, -0.25) is 0 Å². The normalized spacial score (nSPS) is 13.4. The molecule has 1 heterocycles. The number of aromatic nitrogens is 2. The monoisotopic (exact) mass is 283 g/mol. The van der Waals surface area contributed by atoms with Gasteiger partial charge in [-0.1, -0.05) is 12.1 Å². The molecule has 102 valence electrons. The summed E-state index contributed by atoms with van der Waals surface area (Å²) in [6, 6.07) is 4.10. The molecule has 1 aromatic carbocycles. The highest BCUT2D eigenvalue weighted by Gasteiger charge is 2.19. The molecule has 0 bridgehead atoms. The molecule has 0 aliphatic rings. The van der Waals surface area contributed by atoms with Crippen LogP contribution in [0, 0.1) is 12.7 Å². The molecule has 0 aliphatic heterocycles. The van der Waals surface area contributed by atoms with Gasteiger partial charge < -0.3 is 4.98 Å². The number of halogens is 1. The standard InChI is InChI=1S/C12H14FN3O2S/c1-8-3-4-10(5-11(8)13)9(2)16-19(17,18)12-6-14-7-15-12/h3-7,9,16H,1-2H3,(H,14,15). The molecular formula is C12H14FN3O2S. The molecule has 0 radical (unpaired) electrons. The quantitative estimate of drug-likeness (QED) is 0.900. The summed E-state index contributed by atoms with van der Waals surface area (Å²) in [5.41, 5.74) is 1.08. The average molecular weight is 283 g/mol. The Morgan fingerprint density at radius 3 is 2.74 bits per heavy atom. The predicted molar refractivity (Wildman–Crippen MR) is 68.5 cm³/mol. The molecule has 19 heavy (non-hydrogen) atoms. The lowest BCUT2D eigenvalue weighted by Gasteiger charge is -2.14. The van der Waals surface area contributed by atoms with Gasteiger partial charge in [0.05, 0.1) is 12.5 Å². The fraction of sp³-hybridized carbons (Fsp3) is 0.250. The topological polar surface area (TPSA) is 74.8 Å². The van der Waals surface area contributed by atoms with Crippen LogP contribution in [0.3, 0.4) is 0 Å². The van der Waals surface area contributed by atoms with Gasteiger partial charge >= 0.3 is 0 Å². The Morgan fingerprint density at radius 2 is 2.16 bits per heavy atom. The number of nitrogens with zero attached hydrogens (tertiary/aromatic N) is 1. The van der Waals surface area contributed by atoms with Crippen LogP contribution in [0.2, 0.25) is 0 Å². The molecule has 5 nitrogen and oxygen atoms in total. The summed E-state index contributed by atoms with van der Waals surface area (Å²) in [6.07, 6.45) is 2.50. The zero-order valence-corrected chi connectivity index (χ0v) is 11.3. The van der Waals surface area contributed by atoms with Crippen LogP contribution < -0.4 is 4.72 Å². The van der Waals surface area contributed by atoms with Gasteiger partial charge in [-0.2, -0.15) is 0 Å². The lowest BCUT2D eigenvalue weighted by Crippen LogP contribution is -2.27. The van der Waals surface area contributed by atoms with Crippen LogP contribution in [0.4, 0.5) is 4.39 Å². The van der Waals surface area contributed by atoms with Gasteiger partial charge in [-0.15, -0.1) is 0 Å². The summed E-state index contributed by atoms with van der Waals surface area (Å²) in [4.78, 5) is 6.18. The third-order valence-corrected chi connectivity index (χ3v) is 4.26. The second kappa shape index (κ2) is 5.10. The summed E-state index contributed by atoms with van der Waals surface area (Å²) >= 11 is 0. The van der Waals surface area contributed by atoms with Crippen molar-refractivity contribution >= 4 is 10.0 Å². The van der Waals surface area contributed by atoms with E-state index >= 15 is 0 Å². The lowest BCUT2D eigenvalue weighted by molar-refractivity contribution is 0.561. The fourth-order valence-electron chi connectivity index (χ4n) is 1.63. The molecule has 1 atom stereocenters. The van der Waals surface area contributed by atoms with E-state index in [0.29, 0.717) is 11.1 Å². The van der Waals surface area contributed by atoms with Crippen LogP contribution >= 0.6 is 0 Å². The number of imidazole rings is 1. The highest BCUT2D eigenvalue weighted by atomic mass is 32.2. The minimum absolute atomic E-state index is 0.0214. The first-order valence-electron chi connectivity index (χ1n) is 5.67. The molecule has 0 amide bonds. The molecule has 1 unspecified atom stereocenters. The molecule has 0 fully saturated rings. The highest BCUT2D eigenvalue weighted by Crippen LogP contribution is 2.18. The maximum atomic E-state index is 13.5. The summed E-state index contributed by atoms with van der Waals surface area (Å²) in [5.74, 6) is -0.356. The van der Waals surface area contributed by atoms with Crippen LogP contribution in [0.5, 0.6) is 0 Å². The Hall–Kier alpha value is -1.73. The molecule has 2 rings (SSSR count). The second-order valence-electron chi connectivity index (χ2n) is 4.27. The van der Waals surface area contributed by atoms with Gasteiger partial charge in [0.1, 0.15) is 5.82 Å². The van der Waals surface area contributed by atoms with Crippen molar-refractivity contribution in [2.24, 2.45) is 0 Å². The third-order valence-electron chi connectivity index (χ3n) is 2.79. The number of aromatic amines is 1. The molecule has 0 saturated carbocycles. The zero-order valence-electron chi connectivity index (χ0n) is 10.5. The van der Waals surface area contributed by atoms with Crippen LogP contribution in [-0.2, 0) is 10.0 Å². The van der Waals surface area contributed by atoms with Crippen molar-refractivity contribution < 1.29 is 12.8 Å². The van der Waals surface area contributed by atoms with Gasteiger partial charge in [0.15, 0.2) is 5.03 Å². The zero-order chi connectivity index (χ0) is 14.0. The fourth-order valence-corrected chi connectivity index (χ4v) is 2.77. The first kappa shape index (κ1) is 13.7. The van der Waals surface area contributed by atoms with Crippen LogP contribution in [-0.4, -0.2) is 18.4 Å². The third kappa shape index (κ3) is 2.99. The van der Waals surface area contributed by atoms with Crippen molar-refractivity contribution in [3.63, 3.8) is 0 Å². The van der Waals surface area contributed by atoms with E-state index in [4.69, 9.17) is 0 Å². The van der Waals surface area contributed by atoms with E-state index < -0.39 is 16.1 Å². The van der Waals surface area contributed by atoms with E-state index in [1.54, 1.807) is 26.0 Å². The van der Waals surface area contributed by atoms with E-state index in [9.17, 15) is 12.8 Å². The number of hydrogen-bond acceptors (Lipinski definition) is 3. The summed E-state index contributed by atoms with van der Waals surface area (Å²) < 4.78 is 39.8. The smallest absolute Gasteiger partial charge is 0.258 e. The molecule has 7 heteroatoms. The summed E-state index contributed by atoms with van der Waals surface area (Å²) in [5, 5.41) is -0.0214. The number of hydrogen-bond donors (Lipinski definition) is 2. The maximum Gasteiger partial charge on any atom is 0.258 e. The first-order valence-corrected chi connectivity index (χ1v) is 7.15. The Morgan fingerprint density at radius 1 is 1.42 bits per heavy atom. The number of benzene rings is 1. The van der Waals surface area contributed by atoms with Crippen molar-refractivity contribution in [3.05, 3.63) is 47.7 Å². The summed E-state index contributed by atoms with van der Waals surface area (Å²) in [7, 11) is -3.68. The Labute approximate surface area is 110 Å². The minimum atomic E-state index is -3.68. The predicted octanol–water partition coefficient (Wildman–Crippen LogP) is 1.90. The van der Waals surface area contributed by atoms with Gasteiger partial charge in [-0.25, -0.2) is 22.5 Å². The maximum absolute atomic E-state index is 13.5. The van der Waals surface area contributed by atoms with Gasteiger partial charge in [0.25, 0.3) is 10.0 Å². The van der Waals surface area contributed by atoms with Crippen molar-refractivity contribution in [3.8, 4) is 0 Å². The molecule has 2 N–H and O–H groups in total. The van der Waals surface area contributed by atoms with Crippen molar-refractivity contribution in [2.75, 3.05) is 0 Å². The van der Waals surface area contributed by atoms with E-state index in [2.05, 4.69) is 14.7 Å². The minimum Gasteiger partial charge on any atom is -0.335 e. The van der Waals surface area contributed by atoms with Crippen molar-refractivity contribution in [1.82, 2.24) is 14.7 Å². The molecule has 0 aliphatic carbocycles. The molecule has 1 aromatic heterocycles. The first-order chi connectivity index (χ1) is 8.90. The lowest BCUT2D eigenvalue weighted by atomic mass is 10.1. The van der Waals surface area contributed by atoms with E-state index in [1.807, 2.05) is 0 Å². The number of sulfonamides is 1. The molecule has 2 aromatic rings. The highest BCUT2D eigenvalue weighted by molar-refractivity contribution is 7.89. The van der Waals surface area contributed by atoms with Crippen LogP contribution in [0.1, 0.15) is 24.1 Å². The van der Waals surface area contributed by atoms with Crippen LogP contribution in [0.15, 0.2) is 35.7 Å². The molecular weight excluding hydrogens is 269 g/mol. The number of H-pyrrole nitrogens is 1.